The fraction of sp³-hybridized carbons (Fsp3) is 0.256. The number of carboxylic acid groups (broad SMARTS) is 1. The van der Waals surface area contributed by atoms with Crippen LogP contribution in [0.3, 0.4) is 0 Å². The molecule has 2 aliphatic heterocycles. The van der Waals surface area contributed by atoms with Crippen LogP contribution in [0, 0.1) is 13.8 Å². The number of hydrogen-bond donors (Lipinski definition) is 0. The van der Waals surface area contributed by atoms with Crippen LogP contribution in [0.1, 0.15) is 56.4 Å². The molecule has 2 aliphatic rings. The molecule has 0 radical (unpaired) electrons. The van der Waals surface area contributed by atoms with Gasteiger partial charge >= 0.3 is 88.7 Å². The topological polar surface area (TPSA) is 110 Å². The molecule has 0 spiro atoms. The van der Waals surface area contributed by atoms with E-state index >= 15 is 0 Å². The second-order valence-electron chi connectivity index (χ2n) is 13.0. The molecule has 244 valence electrons. The molecule has 3 aromatic carbocycles. The number of carbonyl (C=O) groups is 1. The van der Waals surface area contributed by atoms with Gasteiger partial charge in [-0.2, -0.15) is 4.58 Å². The van der Waals surface area contributed by atoms with Crippen molar-refractivity contribution in [3.05, 3.63) is 138 Å². The number of carboxylic acids is 1. The van der Waals surface area contributed by atoms with Gasteiger partial charge in [0.2, 0.25) is 5.69 Å². The van der Waals surface area contributed by atoms with E-state index in [1.54, 1.807) is 6.07 Å². The van der Waals surface area contributed by atoms with Gasteiger partial charge in [-0.1, -0.05) is 86.2 Å². The predicted molar refractivity (Wildman–Crippen MR) is 184 cm³/mol. The number of nitrogens with zero attached hydrogens (tertiary/aromatic N) is 2. The van der Waals surface area contributed by atoms with Gasteiger partial charge in [0.25, 0.3) is 0 Å². The van der Waals surface area contributed by atoms with E-state index in [1.807, 2.05) is 85.5 Å². The second kappa shape index (κ2) is 18.2. The zero-order chi connectivity index (χ0) is 34.1. The maximum Gasteiger partial charge on any atom is 1.00 e. The molecule has 2 heterocycles. The molecule has 5 rings (SSSR count). The standard InChI is InChI=1S/C39H43N2O5P.3Na/c1-7-40-33-22-20-30(47(44,45)46)26-32(33)39(5,6)35(40)17-11-15-29(28-13-9-8-10-14-28)16-12-18-36-38(3,4)31-25-27(2)19-21-34(31)41(36)24-23-37(42)43;;;/h8-22,25-26H,1,7,23-24H2,2-6H3,(H,42,43)(H2,44,45,46);;;/q;3*+1/p-3. The maximum atomic E-state index is 11.8. The van der Waals surface area contributed by atoms with Crippen molar-refractivity contribution in [2.45, 2.75) is 51.9 Å². The Bertz CT molecular complexity index is 1920. The number of anilines is 1. The van der Waals surface area contributed by atoms with Crippen LogP contribution >= 0.6 is 7.60 Å². The van der Waals surface area contributed by atoms with Crippen LogP contribution in [-0.2, 0) is 20.2 Å². The van der Waals surface area contributed by atoms with Gasteiger partial charge in [0.15, 0.2) is 12.3 Å². The molecule has 3 aromatic rings. The third-order valence-electron chi connectivity index (χ3n) is 9.17. The van der Waals surface area contributed by atoms with Crippen molar-refractivity contribution in [3.63, 3.8) is 0 Å². The summed E-state index contributed by atoms with van der Waals surface area (Å²) in [6, 6.07) is 20.8. The first-order chi connectivity index (χ1) is 22.2. The molecule has 0 aromatic heterocycles. The molecule has 0 aliphatic carbocycles. The van der Waals surface area contributed by atoms with Gasteiger partial charge in [-0.25, -0.2) is 0 Å². The Kier molecular flexibility index (Phi) is 16.3. The first kappa shape index (κ1) is 44.9. The molecule has 50 heavy (non-hydrogen) atoms. The third kappa shape index (κ3) is 9.43. The van der Waals surface area contributed by atoms with Gasteiger partial charge in [0, 0.05) is 46.9 Å². The van der Waals surface area contributed by atoms with Crippen molar-refractivity contribution in [1.29, 1.82) is 0 Å². The molecular formula is C39H40N2Na3O5P. The minimum Gasteiger partial charge on any atom is -0.807 e. The van der Waals surface area contributed by atoms with Gasteiger partial charge in [0.1, 0.15) is 0 Å². The molecule has 0 saturated carbocycles. The largest absolute Gasteiger partial charge is 1.00 e. The molecular weight excluding hydrogens is 676 g/mol. The quantitative estimate of drug-likeness (QED) is 0.0693. The van der Waals surface area contributed by atoms with Gasteiger partial charge in [-0.3, -0.25) is 0 Å². The van der Waals surface area contributed by atoms with Crippen LogP contribution in [0.15, 0.2) is 109 Å². The van der Waals surface area contributed by atoms with Crippen LogP contribution in [0.5, 0.6) is 0 Å². The minimum atomic E-state index is -4.90. The maximum absolute atomic E-state index is 11.8. The Labute approximate surface area is 363 Å². The number of allylic oxidation sites excluding steroid dienone is 8. The first-order valence-corrected chi connectivity index (χ1v) is 17.2. The summed E-state index contributed by atoms with van der Waals surface area (Å²) in [4.78, 5) is 37.0. The second-order valence-corrected chi connectivity index (χ2v) is 14.5. The summed E-state index contributed by atoms with van der Waals surface area (Å²) in [5, 5.41) is 11.2. The Hall–Kier alpha value is -1.29. The van der Waals surface area contributed by atoms with Gasteiger partial charge < -0.3 is 36.1 Å². The zero-order valence-electron chi connectivity index (χ0n) is 30.5. The van der Waals surface area contributed by atoms with Crippen molar-refractivity contribution in [1.82, 2.24) is 0 Å². The van der Waals surface area contributed by atoms with E-state index in [1.165, 1.54) is 12.1 Å². The Morgan fingerprint density at radius 3 is 2.22 bits per heavy atom. The smallest absolute Gasteiger partial charge is 0.807 e. The van der Waals surface area contributed by atoms with E-state index in [4.69, 9.17) is 0 Å². The molecule has 0 saturated heterocycles. The number of aryl methyl sites for hydroxylation is 1. The van der Waals surface area contributed by atoms with E-state index in [0.29, 0.717) is 13.1 Å². The number of rotatable bonds is 10. The summed E-state index contributed by atoms with van der Waals surface area (Å²) in [6.45, 7) is 15.2. The van der Waals surface area contributed by atoms with Crippen molar-refractivity contribution in [3.8, 4) is 0 Å². The van der Waals surface area contributed by atoms with Gasteiger partial charge in [-0.05, 0) is 74.6 Å². The average molecular weight is 717 g/mol. The summed E-state index contributed by atoms with van der Waals surface area (Å²) in [6.07, 6.45) is 12.0. The molecule has 0 N–H and O–H groups in total. The summed E-state index contributed by atoms with van der Waals surface area (Å²) in [5.74, 6) is -1.08. The Balaban J connectivity index is 0.00000289. The van der Waals surface area contributed by atoms with Crippen LogP contribution in [-0.4, -0.2) is 29.3 Å². The van der Waals surface area contributed by atoms with Crippen LogP contribution in [0.2, 0.25) is 0 Å². The van der Waals surface area contributed by atoms with E-state index < -0.39 is 19.0 Å². The number of aliphatic carboxylic acids is 1. The Morgan fingerprint density at radius 1 is 0.920 bits per heavy atom. The fourth-order valence-electron chi connectivity index (χ4n) is 6.67. The molecule has 0 unspecified atom stereocenters. The number of carbonyl (C=O) groups excluding carboxylic acids is 1. The van der Waals surface area contributed by atoms with E-state index in [0.717, 1.165) is 50.6 Å². The molecule has 7 nitrogen and oxygen atoms in total. The van der Waals surface area contributed by atoms with Crippen molar-refractivity contribution >= 4 is 41.5 Å². The monoisotopic (exact) mass is 716 g/mol. The van der Waals surface area contributed by atoms with E-state index in [2.05, 4.69) is 50.5 Å². The third-order valence-corrected chi connectivity index (χ3v) is 10.1. The fourth-order valence-corrected chi connectivity index (χ4v) is 7.22. The predicted octanol–water partition coefficient (Wildman–Crippen LogP) is -4.23. The molecule has 11 heteroatoms. The van der Waals surface area contributed by atoms with Gasteiger partial charge in [-0.15, -0.1) is 6.54 Å². The zero-order valence-corrected chi connectivity index (χ0v) is 37.4. The van der Waals surface area contributed by atoms with Crippen molar-refractivity contribution in [2.75, 3.05) is 18.0 Å². The average Bonchev–Trinajstić information content (AvgIpc) is 3.36. The summed E-state index contributed by atoms with van der Waals surface area (Å²) in [7, 11) is -4.90. The molecule has 0 fully saturated rings. The minimum absolute atomic E-state index is 0. The Morgan fingerprint density at radius 2 is 1.60 bits per heavy atom. The molecule has 0 bridgehead atoms. The number of hydrogen-bond acceptors (Lipinski definition) is 6. The number of benzene rings is 3. The summed E-state index contributed by atoms with van der Waals surface area (Å²) >= 11 is 0. The summed E-state index contributed by atoms with van der Waals surface area (Å²) < 4.78 is 13.9. The first-order valence-electron chi connectivity index (χ1n) is 15.7. The SMILES string of the molecule is [CH2-]CN1/C(=C/C=C/C(=C/C=C/C2=[N+](CCC(=O)[O-])c3ccc(C)cc3C2(C)C)c2ccccc2)C(C)(C)c2cc(P(=O)([O-])[O-])ccc21.[Na+].[Na+].[Na+]. The van der Waals surface area contributed by atoms with Crippen LogP contribution in [0.4, 0.5) is 11.4 Å². The molecule has 0 atom stereocenters. The normalized spacial score (nSPS) is 17.0. The van der Waals surface area contributed by atoms with E-state index in [9.17, 15) is 24.3 Å². The number of fused-ring (bicyclic) bond motifs is 2. The van der Waals surface area contributed by atoms with Crippen LogP contribution in [0.25, 0.3) is 5.57 Å². The van der Waals surface area contributed by atoms with Gasteiger partial charge in [0.05, 0.1) is 5.41 Å². The van der Waals surface area contributed by atoms with E-state index in [-0.39, 0.29) is 106 Å². The van der Waals surface area contributed by atoms with Crippen molar-refractivity contribution in [2.24, 2.45) is 0 Å². The molecule has 0 amide bonds. The van der Waals surface area contributed by atoms with Crippen molar-refractivity contribution < 1.29 is 118 Å². The van der Waals surface area contributed by atoms with Crippen LogP contribution < -0.4 is 114 Å². The summed E-state index contributed by atoms with van der Waals surface area (Å²) in [5.41, 5.74) is 7.93.